The Morgan fingerprint density at radius 2 is 2.00 bits per heavy atom. The van der Waals surface area contributed by atoms with Crippen LogP contribution in [0, 0.1) is 0 Å². The predicted octanol–water partition coefficient (Wildman–Crippen LogP) is 1.07. The lowest BCUT2D eigenvalue weighted by Gasteiger charge is -2.10. The Bertz CT molecular complexity index is 350. The molecule has 3 nitrogen and oxygen atoms in total. The van der Waals surface area contributed by atoms with Gasteiger partial charge in [0.05, 0.1) is 0 Å². The minimum absolute atomic E-state index is 0.195. The Balaban J connectivity index is 2.29. The van der Waals surface area contributed by atoms with Gasteiger partial charge in [-0.15, -0.1) is 0 Å². The third-order valence-corrected chi connectivity index (χ3v) is 2.59. The van der Waals surface area contributed by atoms with E-state index in [2.05, 4.69) is 18.3 Å². The van der Waals surface area contributed by atoms with E-state index in [1.165, 1.54) is 5.57 Å². The standard InChI is InChI=1S/C10H11NO2/c1-2-6-3-4-7-8(5-6)10(13)11-9(7)12/h3H,2,4-5H2,1H3,(H,11,12,13). The Kier molecular flexibility index (Phi) is 1.79. The monoisotopic (exact) mass is 177 g/mol. The van der Waals surface area contributed by atoms with Crippen LogP contribution in [-0.2, 0) is 9.59 Å². The molecule has 0 saturated carbocycles. The van der Waals surface area contributed by atoms with E-state index in [4.69, 9.17) is 0 Å². The molecule has 13 heavy (non-hydrogen) atoms. The number of allylic oxidation sites excluding steroid dienone is 2. The number of carbonyl (C=O) groups excluding carboxylic acids is 2. The van der Waals surface area contributed by atoms with Gasteiger partial charge in [0.1, 0.15) is 0 Å². The van der Waals surface area contributed by atoms with Gasteiger partial charge in [-0.2, -0.15) is 0 Å². The second-order valence-corrected chi connectivity index (χ2v) is 3.34. The van der Waals surface area contributed by atoms with E-state index in [-0.39, 0.29) is 11.8 Å². The summed E-state index contributed by atoms with van der Waals surface area (Å²) < 4.78 is 0. The maximum absolute atomic E-state index is 11.3. The Hall–Kier alpha value is -1.38. The van der Waals surface area contributed by atoms with Crippen LogP contribution in [0.1, 0.15) is 26.2 Å². The third-order valence-electron chi connectivity index (χ3n) is 2.59. The van der Waals surface area contributed by atoms with Crippen molar-refractivity contribution in [2.45, 2.75) is 26.2 Å². The highest BCUT2D eigenvalue weighted by molar-refractivity contribution is 6.19. The fraction of sp³-hybridized carbons (Fsp3) is 0.400. The molecule has 68 valence electrons. The van der Waals surface area contributed by atoms with Crippen molar-refractivity contribution in [3.05, 3.63) is 22.8 Å². The van der Waals surface area contributed by atoms with E-state index >= 15 is 0 Å². The van der Waals surface area contributed by atoms with Gasteiger partial charge in [0, 0.05) is 11.1 Å². The van der Waals surface area contributed by atoms with E-state index in [9.17, 15) is 9.59 Å². The number of hydrogen-bond acceptors (Lipinski definition) is 2. The first kappa shape index (κ1) is 8.23. The maximum Gasteiger partial charge on any atom is 0.254 e. The zero-order chi connectivity index (χ0) is 9.42. The molecule has 0 saturated heterocycles. The van der Waals surface area contributed by atoms with E-state index in [1.807, 2.05) is 0 Å². The van der Waals surface area contributed by atoms with E-state index < -0.39 is 0 Å². The summed E-state index contributed by atoms with van der Waals surface area (Å²) >= 11 is 0. The van der Waals surface area contributed by atoms with Crippen molar-refractivity contribution >= 4 is 11.8 Å². The van der Waals surface area contributed by atoms with Crippen molar-refractivity contribution < 1.29 is 9.59 Å². The van der Waals surface area contributed by atoms with Crippen molar-refractivity contribution in [2.75, 3.05) is 0 Å². The van der Waals surface area contributed by atoms with Crippen LogP contribution in [0.2, 0.25) is 0 Å². The first-order valence-electron chi connectivity index (χ1n) is 4.48. The number of rotatable bonds is 1. The second-order valence-electron chi connectivity index (χ2n) is 3.34. The minimum Gasteiger partial charge on any atom is -0.289 e. The van der Waals surface area contributed by atoms with Gasteiger partial charge < -0.3 is 0 Å². The van der Waals surface area contributed by atoms with E-state index in [0.717, 1.165) is 6.42 Å². The smallest absolute Gasteiger partial charge is 0.254 e. The van der Waals surface area contributed by atoms with Gasteiger partial charge in [-0.25, -0.2) is 0 Å². The Morgan fingerprint density at radius 1 is 1.31 bits per heavy atom. The summed E-state index contributed by atoms with van der Waals surface area (Å²) in [6.07, 6.45) is 4.29. The lowest BCUT2D eigenvalue weighted by atomic mass is 9.92. The highest BCUT2D eigenvalue weighted by Gasteiger charge is 2.31. The molecule has 2 amide bonds. The van der Waals surface area contributed by atoms with Crippen molar-refractivity contribution in [3.8, 4) is 0 Å². The van der Waals surface area contributed by atoms with Gasteiger partial charge >= 0.3 is 0 Å². The molecule has 0 fully saturated rings. The van der Waals surface area contributed by atoms with E-state index in [1.54, 1.807) is 0 Å². The van der Waals surface area contributed by atoms with Crippen LogP contribution in [0.15, 0.2) is 22.8 Å². The van der Waals surface area contributed by atoms with E-state index in [0.29, 0.717) is 24.0 Å². The minimum atomic E-state index is -0.202. The average Bonchev–Trinajstić information content (AvgIpc) is 2.42. The molecule has 1 heterocycles. The third kappa shape index (κ3) is 1.20. The molecular weight excluding hydrogens is 166 g/mol. The number of nitrogens with one attached hydrogen (secondary N) is 1. The first-order chi connectivity index (χ1) is 6.22. The Labute approximate surface area is 76.5 Å². The van der Waals surface area contributed by atoms with Crippen LogP contribution in [0.25, 0.3) is 0 Å². The molecule has 1 aliphatic heterocycles. The number of imide groups is 1. The summed E-state index contributed by atoms with van der Waals surface area (Å²) in [7, 11) is 0. The topological polar surface area (TPSA) is 46.2 Å². The number of hydrogen-bond donors (Lipinski definition) is 1. The zero-order valence-electron chi connectivity index (χ0n) is 7.52. The second kappa shape index (κ2) is 2.83. The highest BCUT2D eigenvalue weighted by Crippen LogP contribution is 2.29. The summed E-state index contributed by atoms with van der Waals surface area (Å²) in [6.45, 7) is 2.06. The normalized spacial score (nSPS) is 21.5. The molecule has 1 aliphatic carbocycles. The van der Waals surface area contributed by atoms with Crippen LogP contribution in [0.5, 0.6) is 0 Å². The van der Waals surface area contributed by atoms with Crippen LogP contribution >= 0.6 is 0 Å². The van der Waals surface area contributed by atoms with Gasteiger partial charge in [0.15, 0.2) is 0 Å². The number of carbonyl (C=O) groups is 2. The summed E-state index contributed by atoms with van der Waals surface area (Å²) in [4.78, 5) is 22.5. The van der Waals surface area contributed by atoms with Crippen molar-refractivity contribution in [1.82, 2.24) is 5.32 Å². The molecule has 0 aromatic carbocycles. The lowest BCUT2D eigenvalue weighted by Crippen LogP contribution is -2.22. The first-order valence-corrected chi connectivity index (χ1v) is 4.48. The highest BCUT2D eigenvalue weighted by atomic mass is 16.2. The fourth-order valence-electron chi connectivity index (χ4n) is 1.75. The summed E-state index contributed by atoms with van der Waals surface area (Å²) in [5.41, 5.74) is 2.61. The number of amides is 2. The quantitative estimate of drug-likeness (QED) is 0.481. The Morgan fingerprint density at radius 3 is 2.69 bits per heavy atom. The van der Waals surface area contributed by atoms with Crippen molar-refractivity contribution in [1.29, 1.82) is 0 Å². The van der Waals surface area contributed by atoms with Crippen molar-refractivity contribution in [3.63, 3.8) is 0 Å². The zero-order valence-corrected chi connectivity index (χ0v) is 7.52. The van der Waals surface area contributed by atoms with Gasteiger partial charge in [-0.1, -0.05) is 18.6 Å². The molecule has 0 aromatic rings. The van der Waals surface area contributed by atoms with Crippen molar-refractivity contribution in [2.24, 2.45) is 0 Å². The van der Waals surface area contributed by atoms with Gasteiger partial charge in [-0.05, 0) is 19.3 Å². The SMILES string of the molecule is CCC1=CCC2=C(C1)C(=O)NC2=O. The summed E-state index contributed by atoms with van der Waals surface area (Å²) in [5.74, 6) is -0.398. The maximum atomic E-state index is 11.3. The molecule has 3 heteroatoms. The van der Waals surface area contributed by atoms with Crippen LogP contribution in [0.4, 0.5) is 0 Å². The van der Waals surface area contributed by atoms with Crippen LogP contribution < -0.4 is 5.32 Å². The molecule has 1 N–H and O–H groups in total. The molecular formula is C10H11NO2. The van der Waals surface area contributed by atoms with Gasteiger partial charge in [-0.3, -0.25) is 14.9 Å². The molecule has 0 unspecified atom stereocenters. The van der Waals surface area contributed by atoms with Crippen LogP contribution in [-0.4, -0.2) is 11.8 Å². The molecule has 0 bridgehead atoms. The van der Waals surface area contributed by atoms with Gasteiger partial charge in [0.25, 0.3) is 11.8 Å². The average molecular weight is 177 g/mol. The molecule has 0 radical (unpaired) electrons. The van der Waals surface area contributed by atoms with Gasteiger partial charge in [0.2, 0.25) is 0 Å². The predicted molar refractivity (Wildman–Crippen MR) is 47.8 cm³/mol. The van der Waals surface area contributed by atoms with Crippen LogP contribution in [0.3, 0.4) is 0 Å². The summed E-state index contributed by atoms with van der Waals surface area (Å²) in [6, 6.07) is 0. The molecule has 0 spiro atoms. The molecule has 0 atom stereocenters. The molecule has 0 aromatic heterocycles. The largest absolute Gasteiger partial charge is 0.289 e. The molecule has 2 rings (SSSR count). The molecule has 2 aliphatic rings. The summed E-state index contributed by atoms with van der Waals surface area (Å²) in [5, 5.41) is 2.32. The fourth-order valence-corrected chi connectivity index (χ4v) is 1.75. The lowest BCUT2D eigenvalue weighted by molar-refractivity contribution is -0.124.